The zero-order valence-electron chi connectivity index (χ0n) is 9.30. The van der Waals surface area contributed by atoms with Crippen LogP contribution >= 0.6 is 0 Å². The zero-order chi connectivity index (χ0) is 13.4. The van der Waals surface area contributed by atoms with Gasteiger partial charge in [0.2, 0.25) is 0 Å². The van der Waals surface area contributed by atoms with Crippen LogP contribution in [0.25, 0.3) is 0 Å². The van der Waals surface area contributed by atoms with Gasteiger partial charge in [-0.2, -0.15) is 0 Å². The van der Waals surface area contributed by atoms with Crippen molar-refractivity contribution in [2.24, 2.45) is 5.73 Å². The van der Waals surface area contributed by atoms with Crippen molar-refractivity contribution in [3.63, 3.8) is 0 Å². The van der Waals surface area contributed by atoms with E-state index in [1.54, 1.807) is 0 Å². The van der Waals surface area contributed by atoms with Crippen molar-refractivity contribution in [2.45, 2.75) is 24.5 Å². The molecule has 0 saturated carbocycles. The molecule has 9 nitrogen and oxygen atoms in total. The fraction of sp³-hybridized carbons (Fsp3) is 0.556. The summed E-state index contributed by atoms with van der Waals surface area (Å²) in [4.78, 5) is 14.7. The first-order chi connectivity index (χ1) is 8.47. The molecule has 0 spiro atoms. The Hall–Kier alpha value is -1.68. The maximum Gasteiger partial charge on any atom is 0.271 e. The number of carbonyl (C=O) groups is 1. The highest BCUT2D eigenvalue weighted by atomic mass is 16.6. The first-order valence-electron chi connectivity index (χ1n) is 5.22. The minimum atomic E-state index is -1.29. The number of amides is 1. The largest absolute Gasteiger partial charge is 0.394 e. The molecule has 0 unspecified atom stereocenters. The monoisotopic (exact) mass is 259 g/mol. The molecular formula is C9H14N4O5. The summed E-state index contributed by atoms with van der Waals surface area (Å²) in [6.07, 6.45) is -3.32. The highest BCUT2D eigenvalue weighted by molar-refractivity contribution is 5.95. The molecule has 7 N–H and O–H groups in total. The molecule has 1 amide bonds. The number of hydrogen-bond donors (Lipinski definition) is 5. The number of anilines is 1. The fourth-order valence-electron chi connectivity index (χ4n) is 1.87. The smallest absolute Gasteiger partial charge is 0.271 e. The number of carbonyl (C=O) groups excluding carboxylic acids is 1. The van der Waals surface area contributed by atoms with Gasteiger partial charge in [-0.15, -0.1) is 0 Å². The molecule has 0 radical (unpaired) electrons. The van der Waals surface area contributed by atoms with E-state index in [4.69, 9.17) is 21.3 Å². The molecule has 1 aromatic heterocycles. The van der Waals surface area contributed by atoms with Gasteiger partial charge in [-0.3, -0.25) is 9.36 Å². The highest BCUT2D eigenvalue weighted by Gasteiger charge is 2.44. The molecule has 0 bridgehead atoms. The van der Waals surface area contributed by atoms with E-state index in [1.165, 1.54) is 10.9 Å². The first kappa shape index (κ1) is 12.8. The van der Waals surface area contributed by atoms with E-state index in [2.05, 4.69) is 4.98 Å². The van der Waals surface area contributed by atoms with Gasteiger partial charge in [-0.25, -0.2) is 4.98 Å². The molecule has 18 heavy (non-hydrogen) atoms. The van der Waals surface area contributed by atoms with Crippen LogP contribution in [0.1, 0.15) is 16.7 Å². The van der Waals surface area contributed by atoms with E-state index in [0.717, 1.165) is 0 Å². The van der Waals surface area contributed by atoms with Crippen molar-refractivity contribution in [1.82, 2.24) is 9.55 Å². The Morgan fingerprint density at radius 1 is 1.50 bits per heavy atom. The number of nitrogens with two attached hydrogens (primary N) is 2. The van der Waals surface area contributed by atoms with Gasteiger partial charge < -0.3 is 31.5 Å². The normalized spacial score (nSPS) is 31.7. The Labute approximate surface area is 102 Å². The van der Waals surface area contributed by atoms with Crippen LogP contribution < -0.4 is 11.5 Å². The third-order valence-corrected chi connectivity index (χ3v) is 2.86. The number of aliphatic hydroxyl groups is 3. The summed E-state index contributed by atoms with van der Waals surface area (Å²) < 4.78 is 6.42. The Morgan fingerprint density at radius 2 is 2.17 bits per heavy atom. The fourth-order valence-corrected chi connectivity index (χ4v) is 1.87. The summed E-state index contributed by atoms with van der Waals surface area (Å²) in [5.41, 5.74) is 10.6. The molecule has 1 aliphatic rings. The van der Waals surface area contributed by atoms with E-state index < -0.39 is 37.1 Å². The second kappa shape index (κ2) is 4.53. The molecule has 4 atom stereocenters. The van der Waals surface area contributed by atoms with Crippen LogP contribution in [0.3, 0.4) is 0 Å². The molecule has 0 aliphatic carbocycles. The second-order valence-corrected chi connectivity index (χ2v) is 3.98. The minimum Gasteiger partial charge on any atom is -0.394 e. The van der Waals surface area contributed by atoms with Gasteiger partial charge in [0.1, 0.15) is 24.1 Å². The topological polar surface area (TPSA) is 157 Å². The average molecular weight is 259 g/mol. The molecule has 1 aliphatic heterocycles. The van der Waals surface area contributed by atoms with Crippen molar-refractivity contribution in [2.75, 3.05) is 12.3 Å². The first-order valence-corrected chi connectivity index (χ1v) is 5.22. The van der Waals surface area contributed by atoms with E-state index in [1.807, 2.05) is 0 Å². The Kier molecular flexibility index (Phi) is 3.22. The molecular weight excluding hydrogens is 245 g/mol. The van der Waals surface area contributed by atoms with Crippen LogP contribution in [0.2, 0.25) is 0 Å². The SMILES string of the molecule is Nc1c(C([15NH2])=O)ncn1[C@@H]1O[C@H](CO)[C@@H](O)[C@H]1O. The molecule has 1 saturated heterocycles. The number of nitrogens with zero attached hydrogens (tertiary/aromatic N) is 2. The number of aliphatic hydroxyl groups excluding tert-OH is 3. The van der Waals surface area contributed by atoms with Gasteiger partial charge in [0.05, 0.1) is 12.9 Å². The Morgan fingerprint density at radius 3 is 2.61 bits per heavy atom. The lowest BCUT2D eigenvalue weighted by Gasteiger charge is -2.17. The predicted octanol–water partition coefficient (Wildman–Crippen LogP) is -2.82. The molecule has 2 rings (SSSR count). The highest BCUT2D eigenvalue weighted by Crippen LogP contribution is 2.31. The second-order valence-electron chi connectivity index (χ2n) is 3.98. The summed E-state index contributed by atoms with van der Waals surface area (Å²) in [5, 5.41) is 28.3. The number of primary amides is 1. The van der Waals surface area contributed by atoms with E-state index in [-0.39, 0.29) is 11.5 Å². The average Bonchev–Trinajstić information content (AvgIpc) is 2.82. The summed E-state index contributed by atoms with van der Waals surface area (Å²) in [6.45, 7) is -0.452. The number of rotatable bonds is 3. The Balaban J connectivity index is 2.30. The lowest BCUT2D eigenvalue weighted by molar-refractivity contribution is -0.0518. The van der Waals surface area contributed by atoms with Crippen molar-refractivity contribution >= 4 is 11.7 Å². The zero-order valence-corrected chi connectivity index (χ0v) is 9.30. The van der Waals surface area contributed by atoms with Crippen molar-refractivity contribution in [3.8, 4) is 0 Å². The summed E-state index contributed by atoms with van der Waals surface area (Å²) in [6, 6.07) is 0. The standard InChI is InChI=1S/C9H14N4O5/c10-7-4(8(11)17)12-2-13(7)9-6(16)5(15)3(1-14)18-9/h2-3,5-6,9,14-16H,1,10H2,(H2,11,17)/t3-,5-,6-,9-/m1/s1/i11+1. The van der Waals surface area contributed by atoms with Gasteiger partial charge in [-0.05, 0) is 0 Å². The van der Waals surface area contributed by atoms with Gasteiger partial charge in [0, 0.05) is 0 Å². The quantitative estimate of drug-likeness (QED) is 0.366. The van der Waals surface area contributed by atoms with E-state index in [0.29, 0.717) is 0 Å². The lowest BCUT2D eigenvalue weighted by atomic mass is 10.1. The van der Waals surface area contributed by atoms with Gasteiger partial charge >= 0.3 is 0 Å². The number of aromatic nitrogens is 2. The molecule has 0 aromatic carbocycles. The van der Waals surface area contributed by atoms with E-state index in [9.17, 15) is 15.0 Å². The molecule has 9 heteroatoms. The van der Waals surface area contributed by atoms with Crippen molar-refractivity contribution < 1.29 is 24.9 Å². The van der Waals surface area contributed by atoms with E-state index >= 15 is 0 Å². The maximum atomic E-state index is 11.0. The van der Waals surface area contributed by atoms with Crippen LogP contribution in [0.5, 0.6) is 0 Å². The van der Waals surface area contributed by atoms with Gasteiger partial charge in [0.25, 0.3) is 5.91 Å². The number of ether oxygens (including phenoxy) is 1. The van der Waals surface area contributed by atoms with Crippen molar-refractivity contribution in [3.05, 3.63) is 12.0 Å². The minimum absolute atomic E-state index is 0.0719. The third kappa shape index (κ3) is 1.82. The molecule has 100 valence electrons. The van der Waals surface area contributed by atoms with Crippen LogP contribution in [-0.2, 0) is 4.74 Å². The number of imidazole rings is 1. The van der Waals surface area contributed by atoms with Crippen LogP contribution in [0.15, 0.2) is 6.33 Å². The predicted molar refractivity (Wildman–Crippen MR) is 58.2 cm³/mol. The molecule has 2 heterocycles. The maximum absolute atomic E-state index is 11.0. The summed E-state index contributed by atoms with van der Waals surface area (Å²) in [7, 11) is 0. The lowest BCUT2D eigenvalue weighted by Crippen LogP contribution is -2.33. The van der Waals surface area contributed by atoms with Crippen LogP contribution in [0, 0.1) is 0 Å². The van der Waals surface area contributed by atoms with Crippen molar-refractivity contribution in [1.29, 1.82) is 0 Å². The third-order valence-electron chi connectivity index (χ3n) is 2.86. The van der Waals surface area contributed by atoms with Gasteiger partial charge in [0.15, 0.2) is 11.9 Å². The van der Waals surface area contributed by atoms with Gasteiger partial charge in [-0.1, -0.05) is 0 Å². The number of nitrogen functional groups attached to an aromatic ring is 1. The Bertz CT molecular complexity index is 462. The summed E-state index contributed by atoms with van der Waals surface area (Å²) in [5.74, 6) is -0.879. The van der Waals surface area contributed by atoms with Crippen LogP contribution in [-0.4, -0.2) is 55.7 Å². The summed E-state index contributed by atoms with van der Waals surface area (Å²) >= 11 is 0. The molecule has 1 aromatic rings. The molecule has 1 fully saturated rings. The number of hydrogen-bond acceptors (Lipinski definition) is 7. The van der Waals surface area contributed by atoms with Crippen LogP contribution in [0.4, 0.5) is 5.82 Å².